The molecule has 1 nitrogen and oxygen atoms in total. The molecule has 4 heteroatoms. The molecule has 0 heterocycles. The Bertz CT molecular complexity index is 830. The van der Waals surface area contributed by atoms with E-state index in [9.17, 15) is 4.39 Å². The molecule has 0 aromatic heterocycles. The van der Waals surface area contributed by atoms with Crippen LogP contribution in [-0.4, -0.2) is 7.11 Å². The lowest BCUT2D eigenvalue weighted by molar-refractivity contribution is 0.415. The van der Waals surface area contributed by atoms with Crippen LogP contribution >= 0.6 is 23.2 Å². The predicted molar refractivity (Wildman–Crippen MR) is 85.9 cm³/mol. The molecule has 0 aliphatic heterocycles. The monoisotopic (exact) mass is 320 g/mol. The molecule has 0 unspecified atom stereocenters. The number of methoxy groups -OCH3 is 1. The minimum atomic E-state index is -0.293. The summed E-state index contributed by atoms with van der Waals surface area (Å²) in [5.74, 6) is 0.397. The molecule has 0 saturated carbocycles. The van der Waals surface area contributed by atoms with Crippen molar-refractivity contribution in [1.29, 1.82) is 0 Å². The maximum absolute atomic E-state index is 13.6. The lowest BCUT2D eigenvalue weighted by atomic mass is 9.97. The second-order valence-electron chi connectivity index (χ2n) is 4.66. The number of hydrogen-bond acceptors (Lipinski definition) is 1. The summed E-state index contributed by atoms with van der Waals surface area (Å²) in [4.78, 5) is 0. The van der Waals surface area contributed by atoms with Crippen LogP contribution in [0.1, 0.15) is 0 Å². The second-order valence-corrected chi connectivity index (χ2v) is 5.51. The second kappa shape index (κ2) is 5.55. The van der Waals surface area contributed by atoms with E-state index in [0.717, 1.165) is 21.9 Å². The van der Waals surface area contributed by atoms with Crippen LogP contribution in [0.5, 0.6) is 5.75 Å². The molecule has 0 atom stereocenters. The highest BCUT2D eigenvalue weighted by Crippen LogP contribution is 2.37. The Morgan fingerprint density at radius 2 is 1.71 bits per heavy atom. The fourth-order valence-electron chi connectivity index (χ4n) is 2.35. The van der Waals surface area contributed by atoms with E-state index < -0.39 is 0 Å². The third-order valence-corrected chi connectivity index (χ3v) is 3.89. The molecule has 0 radical (unpaired) electrons. The van der Waals surface area contributed by atoms with Crippen LogP contribution in [0.2, 0.25) is 10.0 Å². The third kappa shape index (κ3) is 2.69. The van der Waals surface area contributed by atoms with E-state index in [2.05, 4.69) is 0 Å². The summed E-state index contributed by atoms with van der Waals surface area (Å²) in [6, 6.07) is 13.6. The summed E-state index contributed by atoms with van der Waals surface area (Å²) in [7, 11) is 1.60. The minimum Gasteiger partial charge on any atom is -0.497 e. The van der Waals surface area contributed by atoms with E-state index in [1.54, 1.807) is 25.3 Å². The van der Waals surface area contributed by atoms with E-state index in [1.807, 2.05) is 18.2 Å². The van der Waals surface area contributed by atoms with Crippen molar-refractivity contribution < 1.29 is 9.13 Å². The first kappa shape index (κ1) is 14.2. The molecular formula is C17H11Cl2FO. The number of benzene rings is 3. The van der Waals surface area contributed by atoms with Crippen molar-refractivity contribution in [2.24, 2.45) is 0 Å². The van der Waals surface area contributed by atoms with Gasteiger partial charge in [0.1, 0.15) is 11.6 Å². The number of ether oxygens (including phenoxy) is 1. The van der Waals surface area contributed by atoms with Crippen molar-refractivity contribution in [2.75, 3.05) is 7.11 Å². The minimum absolute atomic E-state index is 0.293. The van der Waals surface area contributed by atoms with Crippen LogP contribution < -0.4 is 4.74 Å². The van der Waals surface area contributed by atoms with Crippen molar-refractivity contribution in [3.05, 3.63) is 64.4 Å². The average molecular weight is 321 g/mol. The molecule has 106 valence electrons. The zero-order valence-corrected chi connectivity index (χ0v) is 12.7. The fourth-order valence-corrected chi connectivity index (χ4v) is 2.86. The molecule has 0 saturated heterocycles. The topological polar surface area (TPSA) is 9.23 Å². The van der Waals surface area contributed by atoms with E-state index in [0.29, 0.717) is 15.8 Å². The number of fused-ring (bicyclic) bond motifs is 1. The highest BCUT2D eigenvalue weighted by atomic mass is 35.5. The van der Waals surface area contributed by atoms with Gasteiger partial charge >= 0.3 is 0 Å². The molecule has 0 spiro atoms. The first-order valence-electron chi connectivity index (χ1n) is 6.31. The van der Waals surface area contributed by atoms with Crippen molar-refractivity contribution >= 4 is 34.0 Å². The standard InChI is InChI=1S/C17H11Cl2FO/c1-21-13-6-10-2-4-12(20)8-15(10)16(9-13)14-5-3-11(18)7-17(14)19/h2-9H,1H3. The van der Waals surface area contributed by atoms with Crippen molar-refractivity contribution in [3.8, 4) is 16.9 Å². The normalized spacial score (nSPS) is 10.9. The SMILES string of the molecule is COc1cc(-c2ccc(Cl)cc2Cl)c2cc(F)ccc2c1. The summed E-state index contributed by atoms with van der Waals surface area (Å²) in [6.45, 7) is 0. The van der Waals surface area contributed by atoms with Gasteiger partial charge in [-0.15, -0.1) is 0 Å². The highest BCUT2D eigenvalue weighted by Gasteiger charge is 2.11. The van der Waals surface area contributed by atoms with Crippen LogP contribution in [0, 0.1) is 5.82 Å². The zero-order chi connectivity index (χ0) is 15.0. The van der Waals surface area contributed by atoms with Crippen LogP contribution in [0.4, 0.5) is 4.39 Å². The van der Waals surface area contributed by atoms with E-state index in [-0.39, 0.29) is 5.82 Å². The Morgan fingerprint density at radius 1 is 0.905 bits per heavy atom. The Kier molecular flexibility index (Phi) is 3.75. The van der Waals surface area contributed by atoms with Gasteiger partial charge in [0.25, 0.3) is 0 Å². The smallest absolute Gasteiger partial charge is 0.123 e. The molecule has 3 rings (SSSR count). The highest BCUT2D eigenvalue weighted by molar-refractivity contribution is 6.36. The van der Waals surface area contributed by atoms with Crippen LogP contribution in [0.25, 0.3) is 21.9 Å². The molecule has 21 heavy (non-hydrogen) atoms. The van der Waals surface area contributed by atoms with Crippen LogP contribution in [-0.2, 0) is 0 Å². The van der Waals surface area contributed by atoms with E-state index >= 15 is 0 Å². The Morgan fingerprint density at radius 3 is 2.43 bits per heavy atom. The van der Waals surface area contributed by atoms with Gasteiger partial charge in [-0.1, -0.05) is 35.3 Å². The summed E-state index contributed by atoms with van der Waals surface area (Å²) in [5.41, 5.74) is 1.60. The molecule has 0 aliphatic rings. The van der Waals surface area contributed by atoms with Gasteiger partial charge in [0.2, 0.25) is 0 Å². The number of hydrogen-bond donors (Lipinski definition) is 0. The molecule has 0 bridgehead atoms. The molecule has 0 fully saturated rings. The van der Waals surface area contributed by atoms with Gasteiger partial charge in [-0.05, 0) is 52.7 Å². The first-order chi connectivity index (χ1) is 10.1. The maximum atomic E-state index is 13.6. The molecule has 3 aromatic carbocycles. The first-order valence-corrected chi connectivity index (χ1v) is 7.07. The Balaban J connectivity index is 2.36. The summed E-state index contributed by atoms with van der Waals surface area (Å²) < 4.78 is 18.9. The van der Waals surface area contributed by atoms with Gasteiger partial charge < -0.3 is 4.74 Å². The third-order valence-electron chi connectivity index (χ3n) is 3.35. The lowest BCUT2D eigenvalue weighted by Crippen LogP contribution is -1.89. The van der Waals surface area contributed by atoms with Crippen molar-refractivity contribution in [1.82, 2.24) is 0 Å². The van der Waals surface area contributed by atoms with Gasteiger partial charge in [0.05, 0.1) is 7.11 Å². The average Bonchev–Trinajstić information content (AvgIpc) is 2.46. The van der Waals surface area contributed by atoms with E-state index in [1.165, 1.54) is 12.1 Å². The maximum Gasteiger partial charge on any atom is 0.123 e. The van der Waals surface area contributed by atoms with Crippen LogP contribution in [0.15, 0.2) is 48.5 Å². The summed E-state index contributed by atoms with van der Waals surface area (Å²) in [5, 5.41) is 2.74. The molecule has 0 amide bonds. The quantitative estimate of drug-likeness (QED) is 0.566. The predicted octanol–water partition coefficient (Wildman–Crippen LogP) is 5.96. The lowest BCUT2D eigenvalue weighted by Gasteiger charge is -2.12. The van der Waals surface area contributed by atoms with Crippen LogP contribution in [0.3, 0.4) is 0 Å². The van der Waals surface area contributed by atoms with Crippen molar-refractivity contribution in [2.45, 2.75) is 0 Å². The summed E-state index contributed by atoms with van der Waals surface area (Å²) in [6.07, 6.45) is 0. The Labute approximate surface area is 131 Å². The largest absolute Gasteiger partial charge is 0.497 e. The molecular weight excluding hydrogens is 310 g/mol. The van der Waals surface area contributed by atoms with Gasteiger partial charge in [-0.25, -0.2) is 4.39 Å². The molecule has 3 aromatic rings. The van der Waals surface area contributed by atoms with Gasteiger partial charge in [-0.2, -0.15) is 0 Å². The van der Waals surface area contributed by atoms with Gasteiger partial charge in [0.15, 0.2) is 0 Å². The fraction of sp³-hybridized carbons (Fsp3) is 0.0588. The summed E-state index contributed by atoms with van der Waals surface area (Å²) >= 11 is 12.2. The Hall–Kier alpha value is -1.77. The number of rotatable bonds is 2. The van der Waals surface area contributed by atoms with Crippen molar-refractivity contribution in [3.63, 3.8) is 0 Å². The molecule has 0 N–H and O–H groups in total. The van der Waals surface area contributed by atoms with Gasteiger partial charge in [0, 0.05) is 15.6 Å². The molecule has 0 aliphatic carbocycles. The van der Waals surface area contributed by atoms with E-state index in [4.69, 9.17) is 27.9 Å². The zero-order valence-electron chi connectivity index (χ0n) is 11.2. The number of halogens is 3. The van der Waals surface area contributed by atoms with Gasteiger partial charge in [-0.3, -0.25) is 0 Å².